The molecule has 0 atom stereocenters. The van der Waals surface area contributed by atoms with Crippen LogP contribution < -0.4 is 15.5 Å². The van der Waals surface area contributed by atoms with Gasteiger partial charge < -0.3 is 15.5 Å². The summed E-state index contributed by atoms with van der Waals surface area (Å²) in [4.78, 5) is 18.9. The minimum atomic E-state index is -0.187. The maximum atomic E-state index is 12.6. The molecule has 1 aromatic heterocycles. The van der Waals surface area contributed by atoms with Crippen LogP contribution in [0.1, 0.15) is 36.7 Å². The molecule has 1 amide bonds. The van der Waals surface area contributed by atoms with Gasteiger partial charge >= 0.3 is 0 Å². The van der Waals surface area contributed by atoms with Crippen molar-refractivity contribution in [1.29, 1.82) is 0 Å². The molecule has 0 fully saturated rings. The largest absolute Gasteiger partial charge is 0.378 e. The van der Waals surface area contributed by atoms with Gasteiger partial charge in [0.25, 0.3) is 5.91 Å². The van der Waals surface area contributed by atoms with E-state index < -0.39 is 0 Å². The Morgan fingerprint density at radius 2 is 1.48 bits per heavy atom. The molecule has 1 heterocycles. The normalized spacial score (nSPS) is 11.1. The Labute approximate surface area is 172 Å². The number of hydrogen-bond donors (Lipinski definition) is 2. The molecule has 0 spiro atoms. The number of carbonyl (C=O) groups is 1. The second-order valence-electron chi connectivity index (χ2n) is 8.31. The number of aromatic nitrogens is 1. The smallest absolute Gasteiger partial charge is 0.257 e. The van der Waals surface area contributed by atoms with Crippen LogP contribution in [-0.4, -0.2) is 25.0 Å². The molecule has 150 valence electrons. The van der Waals surface area contributed by atoms with E-state index in [1.165, 1.54) is 5.56 Å². The lowest BCUT2D eigenvalue weighted by molar-refractivity contribution is 0.102. The molecule has 0 radical (unpaired) electrons. The van der Waals surface area contributed by atoms with Gasteiger partial charge in [0.2, 0.25) is 0 Å². The fraction of sp³-hybridized carbons (Fsp3) is 0.250. The third-order valence-corrected chi connectivity index (χ3v) is 4.68. The van der Waals surface area contributed by atoms with Crippen molar-refractivity contribution < 1.29 is 4.79 Å². The summed E-state index contributed by atoms with van der Waals surface area (Å²) in [6.07, 6.45) is 3.27. The lowest BCUT2D eigenvalue weighted by atomic mass is 9.87. The Morgan fingerprint density at radius 1 is 0.862 bits per heavy atom. The number of benzene rings is 2. The standard InChI is InChI=1S/C24H28N4O/c1-24(2,3)18-6-8-20(9-7-18)27-23(29)17-14-21(16-25-15-17)26-19-10-12-22(13-11-19)28(4)5/h6-16,26H,1-5H3,(H,27,29). The van der Waals surface area contributed by atoms with Crippen LogP contribution in [0.4, 0.5) is 22.7 Å². The highest BCUT2D eigenvalue weighted by atomic mass is 16.1. The first-order chi connectivity index (χ1) is 13.7. The number of nitrogens with zero attached hydrogens (tertiary/aromatic N) is 2. The van der Waals surface area contributed by atoms with E-state index in [-0.39, 0.29) is 11.3 Å². The van der Waals surface area contributed by atoms with Gasteiger partial charge in [-0.05, 0) is 53.4 Å². The fourth-order valence-corrected chi connectivity index (χ4v) is 2.90. The number of amides is 1. The average molecular weight is 389 g/mol. The Hall–Kier alpha value is -3.34. The van der Waals surface area contributed by atoms with E-state index in [2.05, 4.69) is 36.4 Å². The van der Waals surface area contributed by atoms with Crippen molar-refractivity contribution in [3.63, 3.8) is 0 Å². The summed E-state index contributed by atoms with van der Waals surface area (Å²) in [7, 11) is 4.01. The zero-order valence-electron chi connectivity index (χ0n) is 17.7. The zero-order chi connectivity index (χ0) is 21.0. The molecule has 0 aliphatic heterocycles. The molecule has 5 nitrogen and oxygen atoms in total. The van der Waals surface area contributed by atoms with Crippen LogP contribution in [0.25, 0.3) is 0 Å². The minimum Gasteiger partial charge on any atom is -0.378 e. The molecule has 0 aliphatic carbocycles. The highest BCUT2D eigenvalue weighted by Crippen LogP contribution is 2.24. The molecule has 0 saturated heterocycles. The molecular formula is C24H28N4O. The van der Waals surface area contributed by atoms with Crippen LogP contribution in [0.5, 0.6) is 0 Å². The van der Waals surface area contributed by atoms with Crippen molar-refractivity contribution in [2.24, 2.45) is 0 Å². The Bertz CT molecular complexity index is 971. The fourth-order valence-electron chi connectivity index (χ4n) is 2.90. The highest BCUT2D eigenvalue weighted by molar-refractivity contribution is 6.04. The second-order valence-corrected chi connectivity index (χ2v) is 8.31. The lowest BCUT2D eigenvalue weighted by Gasteiger charge is -2.19. The molecule has 0 saturated carbocycles. The van der Waals surface area contributed by atoms with E-state index in [1.807, 2.05) is 67.5 Å². The van der Waals surface area contributed by atoms with Crippen molar-refractivity contribution in [3.8, 4) is 0 Å². The van der Waals surface area contributed by atoms with Gasteiger partial charge in [0.05, 0.1) is 17.4 Å². The molecule has 3 aromatic rings. The maximum absolute atomic E-state index is 12.6. The lowest BCUT2D eigenvalue weighted by Crippen LogP contribution is -2.14. The molecule has 5 heteroatoms. The summed E-state index contributed by atoms with van der Waals surface area (Å²) in [5, 5.41) is 6.23. The zero-order valence-corrected chi connectivity index (χ0v) is 17.7. The number of nitrogens with one attached hydrogen (secondary N) is 2. The predicted molar refractivity (Wildman–Crippen MR) is 121 cm³/mol. The van der Waals surface area contributed by atoms with Crippen LogP contribution in [0.3, 0.4) is 0 Å². The monoisotopic (exact) mass is 388 g/mol. The van der Waals surface area contributed by atoms with E-state index in [0.717, 1.165) is 22.7 Å². The Morgan fingerprint density at radius 3 is 2.07 bits per heavy atom. The number of anilines is 4. The van der Waals surface area contributed by atoms with Crippen molar-refractivity contribution in [1.82, 2.24) is 4.98 Å². The first kappa shape index (κ1) is 20.4. The molecule has 0 aliphatic rings. The van der Waals surface area contributed by atoms with Crippen molar-refractivity contribution in [2.45, 2.75) is 26.2 Å². The van der Waals surface area contributed by atoms with E-state index in [0.29, 0.717) is 5.56 Å². The van der Waals surface area contributed by atoms with Crippen LogP contribution >= 0.6 is 0 Å². The quantitative estimate of drug-likeness (QED) is 0.611. The van der Waals surface area contributed by atoms with Gasteiger partial charge in [0, 0.05) is 37.4 Å². The van der Waals surface area contributed by atoms with Gasteiger partial charge in [0.15, 0.2) is 0 Å². The van der Waals surface area contributed by atoms with Gasteiger partial charge in [-0.3, -0.25) is 9.78 Å². The average Bonchev–Trinajstić information content (AvgIpc) is 2.68. The summed E-state index contributed by atoms with van der Waals surface area (Å²) in [5.41, 5.74) is 5.39. The summed E-state index contributed by atoms with van der Waals surface area (Å²) in [6.45, 7) is 6.50. The van der Waals surface area contributed by atoms with E-state index in [1.54, 1.807) is 18.5 Å². The number of carbonyl (C=O) groups excluding carboxylic acids is 1. The molecule has 0 bridgehead atoms. The van der Waals surface area contributed by atoms with Gasteiger partial charge in [-0.1, -0.05) is 32.9 Å². The van der Waals surface area contributed by atoms with Gasteiger partial charge in [-0.15, -0.1) is 0 Å². The van der Waals surface area contributed by atoms with Crippen LogP contribution in [-0.2, 0) is 5.41 Å². The summed E-state index contributed by atoms with van der Waals surface area (Å²) in [6, 6.07) is 17.8. The molecule has 29 heavy (non-hydrogen) atoms. The molecule has 2 N–H and O–H groups in total. The van der Waals surface area contributed by atoms with E-state index in [9.17, 15) is 4.79 Å². The van der Waals surface area contributed by atoms with Crippen LogP contribution in [0.15, 0.2) is 67.0 Å². The number of rotatable bonds is 5. The van der Waals surface area contributed by atoms with Gasteiger partial charge in [0.1, 0.15) is 0 Å². The Balaban J connectivity index is 1.69. The van der Waals surface area contributed by atoms with E-state index in [4.69, 9.17) is 0 Å². The molecule has 2 aromatic carbocycles. The number of hydrogen-bond acceptors (Lipinski definition) is 4. The first-order valence-electron chi connectivity index (χ1n) is 9.64. The highest BCUT2D eigenvalue weighted by Gasteiger charge is 2.14. The van der Waals surface area contributed by atoms with Crippen molar-refractivity contribution in [3.05, 3.63) is 78.1 Å². The third-order valence-electron chi connectivity index (χ3n) is 4.68. The molecule has 0 unspecified atom stereocenters. The second kappa shape index (κ2) is 8.35. The van der Waals surface area contributed by atoms with Crippen molar-refractivity contribution in [2.75, 3.05) is 29.6 Å². The van der Waals surface area contributed by atoms with Gasteiger partial charge in [-0.25, -0.2) is 0 Å². The summed E-state index contributed by atoms with van der Waals surface area (Å²) >= 11 is 0. The SMILES string of the molecule is CN(C)c1ccc(Nc2cncc(C(=O)Nc3ccc(C(C)(C)C)cc3)c2)cc1. The predicted octanol–water partition coefficient (Wildman–Crippen LogP) is 5.44. The maximum Gasteiger partial charge on any atom is 0.257 e. The Kier molecular flexibility index (Phi) is 5.87. The third kappa shape index (κ3) is 5.35. The number of pyridine rings is 1. The van der Waals surface area contributed by atoms with Crippen LogP contribution in [0.2, 0.25) is 0 Å². The summed E-state index contributed by atoms with van der Waals surface area (Å²) in [5.74, 6) is -0.187. The van der Waals surface area contributed by atoms with Gasteiger partial charge in [-0.2, -0.15) is 0 Å². The topological polar surface area (TPSA) is 57.3 Å². The van der Waals surface area contributed by atoms with Crippen molar-refractivity contribution >= 4 is 28.7 Å². The molecular weight excluding hydrogens is 360 g/mol. The molecule has 3 rings (SSSR count). The minimum absolute atomic E-state index is 0.0806. The van der Waals surface area contributed by atoms with Crippen LogP contribution in [0, 0.1) is 0 Å². The first-order valence-corrected chi connectivity index (χ1v) is 9.64. The van der Waals surface area contributed by atoms with E-state index >= 15 is 0 Å². The summed E-state index contributed by atoms with van der Waals surface area (Å²) < 4.78 is 0.